The Morgan fingerprint density at radius 3 is 2.86 bits per heavy atom. The van der Waals surface area contributed by atoms with Crippen LogP contribution < -0.4 is 16.6 Å². The lowest BCUT2D eigenvalue weighted by molar-refractivity contribution is 0.758. The second-order valence-corrected chi connectivity index (χ2v) is 3.71. The van der Waals surface area contributed by atoms with Crippen molar-refractivity contribution in [3.8, 4) is 0 Å². The predicted octanol–water partition coefficient (Wildman–Crippen LogP) is 1.58. The molecule has 1 fully saturated rings. The summed E-state index contributed by atoms with van der Waals surface area (Å²) in [5, 5.41) is 3.28. The molecule has 1 aliphatic carbocycles. The summed E-state index contributed by atoms with van der Waals surface area (Å²) in [6, 6.07) is 5.72. The Labute approximate surface area is 83.9 Å². The van der Waals surface area contributed by atoms with Crippen molar-refractivity contribution < 1.29 is 0 Å². The van der Waals surface area contributed by atoms with Crippen LogP contribution in [0.1, 0.15) is 19.3 Å². The lowest BCUT2D eigenvalue weighted by Gasteiger charge is -2.06. The molecule has 14 heavy (non-hydrogen) atoms. The molecule has 1 aliphatic rings. The topological polar surface area (TPSA) is 63.0 Å². The van der Waals surface area contributed by atoms with E-state index in [0.29, 0.717) is 5.82 Å². The molecule has 0 amide bonds. The Hall–Kier alpha value is -1.29. The van der Waals surface area contributed by atoms with Crippen LogP contribution in [0.2, 0.25) is 0 Å². The Bertz CT molecular complexity index is 296. The van der Waals surface area contributed by atoms with Crippen molar-refractivity contribution in [2.45, 2.75) is 19.3 Å². The van der Waals surface area contributed by atoms with E-state index in [1.165, 1.54) is 19.3 Å². The molecule has 0 atom stereocenters. The maximum Gasteiger partial charge on any atom is 0.142 e. The molecule has 1 heterocycles. The van der Waals surface area contributed by atoms with Crippen molar-refractivity contribution in [3.05, 3.63) is 18.2 Å². The molecule has 0 spiro atoms. The molecule has 2 rings (SSSR count). The van der Waals surface area contributed by atoms with E-state index in [4.69, 9.17) is 5.84 Å². The maximum atomic E-state index is 5.27. The zero-order chi connectivity index (χ0) is 9.80. The van der Waals surface area contributed by atoms with Gasteiger partial charge in [0.25, 0.3) is 0 Å². The summed E-state index contributed by atoms with van der Waals surface area (Å²) in [5.74, 6) is 7.81. The van der Waals surface area contributed by atoms with E-state index in [1.54, 1.807) is 0 Å². The Morgan fingerprint density at radius 1 is 1.36 bits per heavy atom. The van der Waals surface area contributed by atoms with Crippen LogP contribution in [0.5, 0.6) is 0 Å². The fourth-order valence-electron chi connectivity index (χ4n) is 1.42. The van der Waals surface area contributed by atoms with Crippen molar-refractivity contribution in [2.24, 2.45) is 11.8 Å². The summed E-state index contributed by atoms with van der Waals surface area (Å²) in [6.45, 7) is 1.01. The fraction of sp³-hybridized carbons (Fsp3) is 0.500. The summed E-state index contributed by atoms with van der Waals surface area (Å²) in [7, 11) is 0. The van der Waals surface area contributed by atoms with E-state index in [9.17, 15) is 0 Å². The third-order valence-corrected chi connectivity index (χ3v) is 2.45. The van der Waals surface area contributed by atoms with E-state index >= 15 is 0 Å². The van der Waals surface area contributed by atoms with Crippen molar-refractivity contribution >= 4 is 11.6 Å². The van der Waals surface area contributed by atoms with Crippen LogP contribution in [0, 0.1) is 5.92 Å². The zero-order valence-corrected chi connectivity index (χ0v) is 8.16. The quantitative estimate of drug-likeness (QED) is 0.489. The fourth-order valence-corrected chi connectivity index (χ4v) is 1.42. The normalized spacial score (nSPS) is 15.2. The van der Waals surface area contributed by atoms with Gasteiger partial charge in [-0.25, -0.2) is 10.8 Å². The minimum Gasteiger partial charge on any atom is -0.370 e. The third kappa shape index (κ3) is 2.60. The number of nitrogens with two attached hydrogens (primary N) is 1. The molecular formula is C10H16N4. The van der Waals surface area contributed by atoms with Crippen LogP contribution >= 0.6 is 0 Å². The number of rotatable bonds is 5. The van der Waals surface area contributed by atoms with Crippen LogP contribution in [0.15, 0.2) is 18.2 Å². The molecule has 0 radical (unpaired) electrons. The van der Waals surface area contributed by atoms with Gasteiger partial charge in [-0.1, -0.05) is 18.9 Å². The van der Waals surface area contributed by atoms with Crippen LogP contribution in [0.3, 0.4) is 0 Å². The van der Waals surface area contributed by atoms with E-state index in [1.807, 2.05) is 18.2 Å². The Kier molecular flexibility index (Phi) is 2.84. The van der Waals surface area contributed by atoms with Gasteiger partial charge in [-0.2, -0.15) is 0 Å². The first-order valence-corrected chi connectivity index (χ1v) is 5.06. The number of hydrogen-bond acceptors (Lipinski definition) is 4. The molecule has 0 aliphatic heterocycles. The molecule has 4 N–H and O–H groups in total. The van der Waals surface area contributed by atoms with E-state index < -0.39 is 0 Å². The number of nitrogens with zero attached hydrogens (tertiary/aromatic N) is 1. The smallest absolute Gasteiger partial charge is 0.142 e. The van der Waals surface area contributed by atoms with Crippen molar-refractivity contribution in [3.63, 3.8) is 0 Å². The molecule has 0 unspecified atom stereocenters. The minimum absolute atomic E-state index is 0.696. The lowest BCUT2D eigenvalue weighted by atomic mass is 10.3. The molecule has 76 valence electrons. The summed E-state index contributed by atoms with van der Waals surface area (Å²) < 4.78 is 0. The Morgan fingerprint density at radius 2 is 2.14 bits per heavy atom. The van der Waals surface area contributed by atoms with Gasteiger partial charge in [0, 0.05) is 6.54 Å². The summed E-state index contributed by atoms with van der Waals surface area (Å²) in [4.78, 5) is 4.26. The van der Waals surface area contributed by atoms with E-state index in [0.717, 1.165) is 18.3 Å². The van der Waals surface area contributed by atoms with Crippen molar-refractivity contribution in [2.75, 3.05) is 17.3 Å². The van der Waals surface area contributed by atoms with Gasteiger partial charge >= 0.3 is 0 Å². The summed E-state index contributed by atoms with van der Waals surface area (Å²) >= 11 is 0. The molecule has 0 bridgehead atoms. The highest BCUT2D eigenvalue weighted by Crippen LogP contribution is 2.31. The molecule has 0 saturated heterocycles. The largest absolute Gasteiger partial charge is 0.370 e. The molecule has 1 aromatic heterocycles. The van der Waals surface area contributed by atoms with Crippen molar-refractivity contribution in [1.82, 2.24) is 4.98 Å². The average Bonchev–Trinajstić information content (AvgIpc) is 3.02. The highest BCUT2D eigenvalue weighted by molar-refractivity contribution is 5.44. The molecular weight excluding hydrogens is 176 g/mol. The van der Waals surface area contributed by atoms with Gasteiger partial charge < -0.3 is 10.7 Å². The van der Waals surface area contributed by atoms with Crippen LogP contribution in [-0.2, 0) is 0 Å². The predicted molar refractivity (Wildman–Crippen MR) is 57.9 cm³/mol. The summed E-state index contributed by atoms with van der Waals surface area (Å²) in [5.41, 5.74) is 2.53. The highest BCUT2D eigenvalue weighted by atomic mass is 15.3. The first-order chi connectivity index (χ1) is 6.88. The minimum atomic E-state index is 0.696. The van der Waals surface area contributed by atoms with Crippen LogP contribution in [0.4, 0.5) is 11.6 Å². The van der Waals surface area contributed by atoms with Gasteiger partial charge in [0.15, 0.2) is 0 Å². The number of hydrogen-bond donors (Lipinski definition) is 3. The summed E-state index contributed by atoms with van der Waals surface area (Å²) in [6.07, 6.45) is 4.06. The standard InChI is InChI=1S/C10H16N4/c11-14-10-3-1-2-9(13-10)12-7-6-8-4-5-8/h1-3,8H,4-7,11H2,(H2,12,13,14). The van der Waals surface area contributed by atoms with Crippen LogP contribution in [-0.4, -0.2) is 11.5 Å². The van der Waals surface area contributed by atoms with E-state index in [-0.39, 0.29) is 0 Å². The molecule has 4 heteroatoms. The first-order valence-electron chi connectivity index (χ1n) is 5.06. The number of aromatic nitrogens is 1. The second kappa shape index (κ2) is 4.28. The van der Waals surface area contributed by atoms with Gasteiger partial charge in [-0.05, 0) is 24.5 Å². The lowest BCUT2D eigenvalue weighted by Crippen LogP contribution is -2.10. The number of nitrogens with one attached hydrogen (secondary N) is 2. The number of hydrazine groups is 1. The zero-order valence-electron chi connectivity index (χ0n) is 8.16. The average molecular weight is 192 g/mol. The molecule has 0 aromatic carbocycles. The van der Waals surface area contributed by atoms with Gasteiger partial charge in [-0.3, -0.25) is 0 Å². The van der Waals surface area contributed by atoms with Gasteiger partial charge in [0.05, 0.1) is 0 Å². The Balaban J connectivity index is 1.81. The third-order valence-electron chi connectivity index (χ3n) is 2.45. The SMILES string of the molecule is NNc1cccc(NCCC2CC2)n1. The van der Waals surface area contributed by atoms with Gasteiger partial charge in [-0.15, -0.1) is 0 Å². The molecule has 4 nitrogen and oxygen atoms in total. The monoisotopic (exact) mass is 192 g/mol. The van der Waals surface area contributed by atoms with E-state index in [2.05, 4.69) is 15.7 Å². The highest BCUT2D eigenvalue weighted by Gasteiger charge is 2.20. The number of pyridine rings is 1. The van der Waals surface area contributed by atoms with Crippen LogP contribution in [0.25, 0.3) is 0 Å². The molecule has 1 aromatic rings. The second-order valence-electron chi connectivity index (χ2n) is 3.71. The van der Waals surface area contributed by atoms with Gasteiger partial charge in [0.1, 0.15) is 11.6 Å². The molecule has 1 saturated carbocycles. The van der Waals surface area contributed by atoms with Gasteiger partial charge in [0.2, 0.25) is 0 Å². The van der Waals surface area contributed by atoms with Crippen molar-refractivity contribution in [1.29, 1.82) is 0 Å². The maximum absolute atomic E-state index is 5.27. The first kappa shape index (κ1) is 9.27. The number of nitrogen functional groups attached to an aromatic ring is 1. The number of anilines is 2.